The Labute approximate surface area is 99.4 Å². The highest BCUT2D eigenvalue weighted by molar-refractivity contribution is 6.13. The molecule has 1 amide bonds. The molecule has 1 aliphatic heterocycles. The molecule has 1 aromatic carbocycles. The number of hydrogen-bond acceptors (Lipinski definition) is 4. The topological polar surface area (TPSA) is 87.7 Å². The molecule has 0 aromatic heterocycles. The molecular weight excluding hydrogens is 218 g/mol. The van der Waals surface area contributed by atoms with Crippen LogP contribution in [-0.2, 0) is 11.2 Å². The Hall–Kier alpha value is -1.88. The lowest BCUT2D eigenvalue weighted by atomic mass is 9.99. The predicted octanol–water partition coefficient (Wildman–Crippen LogP) is 0.0685. The van der Waals surface area contributed by atoms with Crippen LogP contribution in [-0.4, -0.2) is 29.5 Å². The van der Waals surface area contributed by atoms with Gasteiger partial charge in [-0.05, 0) is 24.6 Å². The van der Waals surface area contributed by atoms with E-state index in [0.29, 0.717) is 17.9 Å². The normalized spacial score (nSPS) is 18.7. The van der Waals surface area contributed by atoms with Crippen molar-refractivity contribution in [3.63, 3.8) is 0 Å². The Bertz CT molecular complexity index is 483. The molecular formula is C12H15N3O2. The minimum Gasteiger partial charge on any atom is -0.399 e. The van der Waals surface area contributed by atoms with Gasteiger partial charge in [0.1, 0.15) is 5.84 Å². The van der Waals surface area contributed by atoms with Gasteiger partial charge >= 0.3 is 0 Å². The molecule has 1 atom stereocenters. The molecule has 0 radical (unpaired) electrons. The zero-order valence-corrected chi connectivity index (χ0v) is 9.60. The minimum atomic E-state index is -0.252. The van der Waals surface area contributed by atoms with E-state index in [1.165, 1.54) is 0 Å². The van der Waals surface area contributed by atoms with Gasteiger partial charge < -0.3 is 16.2 Å². The van der Waals surface area contributed by atoms with Gasteiger partial charge in [0, 0.05) is 11.3 Å². The number of anilines is 1. The number of nitrogens with zero attached hydrogens (tertiary/aromatic N) is 1. The second-order valence-corrected chi connectivity index (χ2v) is 4.15. The summed E-state index contributed by atoms with van der Waals surface area (Å²) in [4.78, 5) is 15.8. The summed E-state index contributed by atoms with van der Waals surface area (Å²) in [5.74, 6) is 0.399. The fraction of sp³-hybridized carbons (Fsp3) is 0.333. The number of carbonyl (C=O) groups is 1. The fourth-order valence-corrected chi connectivity index (χ4v) is 1.75. The molecule has 0 bridgehead atoms. The molecule has 0 fully saturated rings. The molecule has 1 aromatic rings. The third kappa shape index (κ3) is 2.45. The van der Waals surface area contributed by atoms with Crippen molar-refractivity contribution in [1.29, 1.82) is 0 Å². The number of nitrogen functional groups attached to an aromatic ring is 1. The standard InChI is InChI=1S/C12H15N3O2/c1-7(6-16)14-12-10-5-9(13)3-2-8(10)4-11(17)15-12/h2-3,5,7,16H,4,6,13H2,1H3,(H,14,15,17). The monoisotopic (exact) mass is 233 g/mol. The van der Waals surface area contributed by atoms with Crippen LogP contribution in [0.4, 0.5) is 5.69 Å². The quantitative estimate of drug-likeness (QED) is 0.631. The molecule has 2 rings (SSSR count). The number of nitrogens with two attached hydrogens (primary N) is 1. The summed E-state index contributed by atoms with van der Waals surface area (Å²) in [6.07, 6.45) is 0.335. The summed E-state index contributed by atoms with van der Waals surface area (Å²) in [5.41, 5.74) is 8.10. The van der Waals surface area contributed by atoms with Crippen molar-refractivity contribution in [1.82, 2.24) is 5.32 Å². The number of aliphatic hydroxyl groups is 1. The van der Waals surface area contributed by atoms with Crippen LogP contribution in [0.15, 0.2) is 23.2 Å². The second kappa shape index (κ2) is 4.55. The Morgan fingerprint density at radius 1 is 1.59 bits per heavy atom. The lowest BCUT2D eigenvalue weighted by Gasteiger charge is -2.20. The molecule has 17 heavy (non-hydrogen) atoms. The van der Waals surface area contributed by atoms with Gasteiger partial charge in [-0.2, -0.15) is 0 Å². The van der Waals surface area contributed by atoms with E-state index in [0.717, 1.165) is 11.1 Å². The van der Waals surface area contributed by atoms with Gasteiger partial charge in [0.05, 0.1) is 19.1 Å². The summed E-state index contributed by atoms with van der Waals surface area (Å²) < 4.78 is 0. The first kappa shape index (κ1) is 11.6. The number of fused-ring (bicyclic) bond motifs is 1. The molecule has 1 unspecified atom stereocenters. The largest absolute Gasteiger partial charge is 0.399 e. The van der Waals surface area contributed by atoms with Crippen molar-refractivity contribution < 1.29 is 9.90 Å². The van der Waals surface area contributed by atoms with E-state index in [9.17, 15) is 4.79 Å². The van der Waals surface area contributed by atoms with E-state index < -0.39 is 0 Å². The van der Waals surface area contributed by atoms with Crippen LogP contribution in [0.2, 0.25) is 0 Å². The first-order chi connectivity index (χ1) is 8.10. The predicted molar refractivity (Wildman–Crippen MR) is 65.8 cm³/mol. The van der Waals surface area contributed by atoms with Crippen LogP contribution >= 0.6 is 0 Å². The molecule has 90 valence electrons. The summed E-state index contributed by atoms with van der Waals surface area (Å²) in [6.45, 7) is 1.72. The number of carbonyl (C=O) groups excluding carboxylic acids is 1. The maximum Gasteiger partial charge on any atom is 0.229 e. The highest BCUT2D eigenvalue weighted by Crippen LogP contribution is 2.18. The molecule has 0 saturated carbocycles. The van der Waals surface area contributed by atoms with Gasteiger partial charge in [-0.25, -0.2) is 0 Å². The number of nitrogens with one attached hydrogen (secondary N) is 1. The van der Waals surface area contributed by atoms with Gasteiger partial charge in [-0.3, -0.25) is 9.79 Å². The van der Waals surface area contributed by atoms with Crippen LogP contribution in [0.25, 0.3) is 0 Å². The number of amidine groups is 1. The Morgan fingerprint density at radius 2 is 2.35 bits per heavy atom. The van der Waals surface area contributed by atoms with Gasteiger partial charge in [-0.1, -0.05) is 6.07 Å². The smallest absolute Gasteiger partial charge is 0.229 e. The van der Waals surface area contributed by atoms with Crippen molar-refractivity contribution in [2.24, 2.45) is 4.99 Å². The molecule has 5 heteroatoms. The average Bonchev–Trinajstić information content (AvgIpc) is 2.29. The van der Waals surface area contributed by atoms with Gasteiger partial charge in [-0.15, -0.1) is 0 Å². The summed E-state index contributed by atoms with van der Waals surface area (Å²) in [6, 6.07) is 5.14. The number of aliphatic imine (C=N–C) groups is 1. The van der Waals surface area contributed by atoms with E-state index in [1.54, 1.807) is 19.1 Å². The fourth-order valence-electron chi connectivity index (χ4n) is 1.75. The lowest BCUT2D eigenvalue weighted by molar-refractivity contribution is -0.119. The summed E-state index contributed by atoms with van der Waals surface area (Å²) in [7, 11) is 0. The van der Waals surface area contributed by atoms with Crippen LogP contribution in [0.3, 0.4) is 0 Å². The van der Waals surface area contributed by atoms with E-state index in [-0.39, 0.29) is 18.6 Å². The van der Waals surface area contributed by atoms with Crippen molar-refractivity contribution in [2.75, 3.05) is 12.3 Å². The number of benzene rings is 1. The van der Waals surface area contributed by atoms with Gasteiger partial charge in [0.15, 0.2) is 0 Å². The van der Waals surface area contributed by atoms with Crippen LogP contribution in [0.1, 0.15) is 18.1 Å². The summed E-state index contributed by atoms with van der Waals surface area (Å²) >= 11 is 0. The summed E-state index contributed by atoms with van der Waals surface area (Å²) in [5, 5.41) is 11.7. The highest BCUT2D eigenvalue weighted by Gasteiger charge is 2.21. The molecule has 0 saturated heterocycles. The number of hydrogen-bond donors (Lipinski definition) is 3. The van der Waals surface area contributed by atoms with Crippen molar-refractivity contribution in [3.05, 3.63) is 29.3 Å². The Balaban J connectivity index is 2.46. The van der Waals surface area contributed by atoms with Crippen molar-refractivity contribution in [2.45, 2.75) is 19.4 Å². The Kier molecular flexibility index (Phi) is 3.10. The maximum atomic E-state index is 11.5. The Morgan fingerprint density at radius 3 is 3.06 bits per heavy atom. The van der Waals surface area contributed by atoms with Crippen LogP contribution in [0, 0.1) is 0 Å². The van der Waals surface area contributed by atoms with E-state index in [2.05, 4.69) is 10.3 Å². The number of amides is 1. The lowest BCUT2D eigenvalue weighted by Crippen LogP contribution is -2.38. The minimum absolute atomic E-state index is 0.0585. The molecule has 4 N–H and O–H groups in total. The van der Waals surface area contributed by atoms with E-state index in [1.807, 2.05) is 6.07 Å². The van der Waals surface area contributed by atoms with Crippen molar-refractivity contribution in [3.8, 4) is 0 Å². The van der Waals surface area contributed by atoms with E-state index in [4.69, 9.17) is 10.8 Å². The maximum absolute atomic E-state index is 11.5. The van der Waals surface area contributed by atoms with Crippen LogP contribution in [0.5, 0.6) is 0 Å². The third-order valence-corrected chi connectivity index (χ3v) is 2.61. The van der Waals surface area contributed by atoms with Crippen LogP contribution < -0.4 is 11.1 Å². The first-order valence-corrected chi connectivity index (χ1v) is 5.47. The zero-order valence-electron chi connectivity index (χ0n) is 9.60. The third-order valence-electron chi connectivity index (χ3n) is 2.61. The van der Waals surface area contributed by atoms with Gasteiger partial charge in [0.25, 0.3) is 0 Å². The van der Waals surface area contributed by atoms with Crippen molar-refractivity contribution >= 4 is 17.4 Å². The molecule has 0 aliphatic carbocycles. The van der Waals surface area contributed by atoms with Gasteiger partial charge in [0.2, 0.25) is 5.91 Å². The molecule has 5 nitrogen and oxygen atoms in total. The zero-order chi connectivity index (χ0) is 12.4. The highest BCUT2D eigenvalue weighted by atomic mass is 16.3. The van der Waals surface area contributed by atoms with E-state index >= 15 is 0 Å². The molecule has 1 aliphatic rings. The SMILES string of the molecule is CC(CO)N=C1NC(=O)Cc2ccc(N)cc21. The second-order valence-electron chi connectivity index (χ2n) is 4.15. The average molecular weight is 233 g/mol. The molecule has 0 spiro atoms. The number of aliphatic hydroxyl groups excluding tert-OH is 1. The molecule has 1 heterocycles. The number of rotatable bonds is 2. The first-order valence-electron chi connectivity index (χ1n) is 5.47.